The van der Waals surface area contributed by atoms with Crippen molar-refractivity contribution in [2.45, 2.75) is 6.42 Å². The van der Waals surface area contributed by atoms with E-state index in [0.717, 1.165) is 5.57 Å². The quantitative estimate of drug-likeness (QED) is 0.334. The second kappa shape index (κ2) is 7.01. The molecule has 1 aliphatic heterocycles. The van der Waals surface area contributed by atoms with Gasteiger partial charge in [0.2, 0.25) is 0 Å². The minimum atomic E-state index is -0.865. The molecule has 0 saturated heterocycles. The van der Waals surface area contributed by atoms with Gasteiger partial charge in [-0.3, -0.25) is 0 Å². The SMILES string of the molecule is O=C1OC2=CC=C(CCl)CC2C=C1C(=O)Oc1c(Cl)cccc1Cl. The zero-order chi connectivity index (χ0) is 17.3. The van der Waals surface area contributed by atoms with Crippen LogP contribution in [0.3, 0.4) is 0 Å². The average Bonchev–Trinajstić information content (AvgIpc) is 2.57. The van der Waals surface area contributed by atoms with Gasteiger partial charge in [0.05, 0.1) is 10.0 Å². The normalized spacial score (nSPS) is 19.5. The van der Waals surface area contributed by atoms with Crippen LogP contribution in [-0.4, -0.2) is 17.8 Å². The number of para-hydroxylation sites is 1. The van der Waals surface area contributed by atoms with Crippen molar-refractivity contribution in [1.29, 1.82) is 0 Å². The fourth-order valence-electron chi connectivity index (χ4n) is 2.43. The molecule has 0 bridgehead atoms. The largest absolute Gasteiger partial charge is 0.427 e. The molecule has 3 rings (SSSR count). The van der Waals surface area contributed by atoms with Crippen LogP contribution in [-0.2, 0) is 14.3 Å². The number of rotatable bonds is 3. The summed E-state index contributed by atoms with van der Waals surface area (Å²) in [5, 5.41) is 0.345. The molecule has 2 aliphatic rings. The van der Waals surface area contributed by atoms with Crippen molar-refractivity contribution in [3.05, 3.63) is 63.4 Å². The number of fused-ring (bicyclic) bond motifs is 1. The molecule has 0 radical (unpaired) electrons. The lowest BCUT2D eigenvalue weighted by molar-refractivity contribution is -0.141. The Labute approximate surface area is 153 Å². The lowest BCUT2D eigenvalue weighted by atomic mass is 9.89. The minimum Gasteiger partial charge on any atom is -0.427 e. The Hall–Kier alpha value is -1.75. The number of hydrogen-bond donors (Lipinski definition) is 0. The van der Waals surface area contributed by atoms with E-state index in [1.165, 1.54) is 18.2 Å². The first-order chi connectivity index (χ1) is 11.5. The maximum atomic E-state index is 12.3. The minimum absolute atomic E-state index is 0.00543. The molecule has 0 aromatic heterocycles. The Bertz CT molecular complexity index is 788. The number of esters is 2. The van der Waals surface area contributed by atoms with E-state index in [9.17, 15) is 9.59 Å². The van der Waals surface area contributed by atoms with Crippen LogP contribution in [0.15, 0.2) is 53.3 Å². The highest BCUT2D eigenvalue weighted by molar-refractivity contribution is 6.37. The van der Waals surface area contributed by atoms with E-state index >= 15 is 0 Å². The number of hydrogen-bond acceptors (Lipinski definition) is 4. The molecule has 24 heavy (non-hydrogen) atoms. The van der Waals surface area contributed by atoms with Crippen LogP contribution >= 0.6 is 34.8 Å². The number of alkyl halides is 1. The number of carbonyl (C=O) groups is 2. The molecule has 0 amide bonds. The number of carbonyl (C=O) groups excluding carboxylic acids is 2. The highest BCUT2D eigenvalue weighted by Crippen LogP contribution is 2.35. The Morgan fingerprint density at radius 2 is 1.96 bits per heavy atom. The summed E-state index contributed by atoms with van der Waals surface area (Å²) in [5.41, 5.74) is 0.797. The molecule has 124 valence electrons. The predicted octanol–water partition coefficient (Wildman–Crippen LogP) is 4.45. The maximum Gasteiger partial charge on any atom is 0.350 e. The molecule has 4 nitrogen and oxygen atoms in total. The van der Waals surface area contributed by atoms with Gasteiger partial charge in [0.1, 0.15) is 11.3 Å². The molecule has 0 N–H and O–H groups in total. The van der Waals surface area contributed by atoms with Gasteiger partial charge in [-0.25, -0.2) is 9.59 Å². The van der Waals surface area contributed by atoms with Crippen molar-refractivity contribution >= 4 is 46.7 Å². The Morgan fingerprint density at radius 3 is 2.62 bits per heavy atom. The lowest BCUT2D eigenvalue weighted by Crippen LogP contribution is -2.28. The Kier molecular flexibility index (Phi) is 4.99. The van der Waals surface area contributed by atoms with Crippen LogP contribution in [0.4, 0.5) is 0 Å². The summed E-state index contributed by atoms with van der Waals surface area (Å²) in [7, 11) is 0. The lowest BCUT2D eigenvalue weighted by Gasteiger charge is -2.25. The monoisotopic (exact) mass is 384 g/mol. The molecule has 0 spiro atoms. The van der Waals surface area contributed by atoms with Gasteiger partial charge in [-0.2, -0.15) is 0 Å². The molecule has 1 aromatic rings. The van der Waals surface area contributed by atoms with Gasteiger partial charge < -0.3 is 9.47 Å². The Morgan fingerprint density at radius 1 is 1.25 bits per heavy atom. The Balaban J connectivity index is 1.85. The summed E-state index contributed by atoms with van der Waals surface area (Å²) in [6, 6.07) is 4.68. The summed E-state index contributed by atoms with van der Waals surface area (Å²) >= 11 is 17.8. The van der Waals surface area contributed by atoms with E-state index < -0.39 is 11.9 Å². The smallest absolute Gasteiger partial charge is 0.350 e. The summed E-state index contributed by atoms with van der Waals surface area (Å²) in [5.74, 6) is -1.00. The van der Waals surface area contributed by atoms with Crippen molar-refractivity contribution in [2.24, 2.45) is 5.92 Å². The fourth-order valence-corrected chi connectivity index (χ4v) is 3.11. The fraction of sp³-hybridized carbons (Fsp3) is 0.176. The molecule has 0 fully saturated rings. The van der Waals surface area contributed by atoms with Crippen LogP contribution in [0, 0.1) is 5.92 Å². The molecule has 1 unspecified atom stereocenters. The molecule has 1 aromatic carbocycles. The van der Waals surface area contributed by atoms with Crippen LogP contribution in [0.25, 0.3) is 0 Å². The van der Waals surface area contributed by atoms with Crippen LogP contribution in [0.2, 0.25) is 10.0 Å². The standard InChI is InChI=1S/C17H11Cl3O4/c18-8-9-4-5-14-10(6-9)7-11(16(21)23-14)17(22)24-15-12(19)2-1-3-13(15)20/h1-5,7,10H,6,8H2. The summed E-state index contributed by atoms with van der Waals surface area (Å²) in [6.07, 6.45) is 5.61. The zero-order valence-electron chi connectivity index (χ0n) is 12.2. The zero-order valence-corrected chi connectivity index (χ0v) is 14.5. The molecule has 1 aliphatic carbocycles. The van der Waals surface area contributed by atoms with Gasteiger partial charge in [0, 0.05) is 11.8 Å². The first-order valence-electron chi connectivity index (χ1n) is 7.05. The molecule has 1 heterocycles. The molecule has 1 atom stereocenters. The van der Waals surface area contributed by atoms with E-state index in [1.54, 1.807) is 12.1 Å². The van der Waals surface area contributed by atoms with E-state index in [-0.39, 0.29) is 27.3 Å². The van der Waals surface area contributed by atoms with Crippen molar-refractivity contribution in [3.63, 3.8) is 0 Å². The van der Waals surface area contributed by atoms with Crippen molar-refractivity contribution < 1.29 is 19.1 Å². The third kappa shape index (κ3) is 3.36. The second-order valence-electron chi connectivity index (χ2n) is 5.25. The average molecular weight is 386 g/mol. The predicted molar refractivity (Wildman–Crippen MR) is 91.3 cm³/mol. The van der Waals surface area contributed by atoms with Crippen LogP contribution in [0.5, 0.6) is 5.75 Å². The summed E-state index contributed by atoms with van der Waals surface area (Å²) in [4.78, 5) is 24.4. The van der Waals surface area contributed by atoms with E-state index in [0.29, 0.717) is 18.1 Å². The van der Waals surface area contributed by atoms with E-state index in [2.05, 4.69) is 0 Å². The maximum absolute atomic E-state index is 12.3. The van der Waals surface area contributed by atoms with Gasteiger partial charge >= 0.3 is 11.9 Å². The number of benzene rings is 1. The molecule has 7 heteroatoms. The first-order valence-corrected chi connectivity index (χ1v) is 8.34. The van der Waals surface area contributed by atoms with Gasteiger partial charge in [-0.1, -0.05) is 47.0 Å². The second-order valence-corrected chi connectivity index (χ2v) is 6.33. The molecular weight excluding hydrogens is 375 g/mol. The highest BCUT2D eigenvalue weighted by atomic mass is 35.5. The van der Waals surface area contributed by atoms with Gasteiger partial charge in [0.15, 0.2) is 5.75 Å². The third-order valence-electron chi connectivity index (χ3n) is 3.63. The number of halogens is 3. The highest BCUT2D eigenvalue weighted by Gasteiger charge is 2.33. The number of ether oxygens (including phenoxy) is 2. The molecule has 0 saturated carbocycles. The van der Waals surface area contributed by atoms with E-state index in [4.69, 9.17) is 44.3 Å². The van der Waals surface area contributed by atoms with Crippen molar-refractivity contribution in [1.82, 2.24) is 0 Å². The summed E-state index contributed by atoms with van der Waals surface area (Å²) < 4.78 is 10.4. The van der Waals surface area contributed by atoms with Gasteiger partial charge in [0.25, 0.3) is 0 Å². The van der Waals surface area contributed by atoms with Gasteiger partial charge in [-0.05, 0) is 24.6 Å². The van der Waals surface area contributed by atoms with Crippen molar-refractivity contribution in [2.75, 3.05) is 5.88 Å². The van der Waals surface area contributed by atoms with Crippen LogP contribution < -0.4 is 4.74 Å². The molecular formula is C17H11Cl3O4. The van der Waals surface area contributed by atoms with Crippen molar-refractivity contribution in [3.8, 4) is 5.75 Å². The summed E-state index contributed by atoms with van der Waals surface area (Å²) in [6.45, 7) is 0. The first kappa shape index (κ1) is 17.1. The van der Waals surface area contributed by atoms with Gasteiger partial charge in [-0.15, -0.1) is 11.6 Å². The van der Waals surface area contributed by atoms with E-state index in [1.807, 2.05) is 6.08 Å². The topological polar surface area (TPSA) is 52.6 Å². The van der Waals surface area contributed by atoms with Crippen LogP contribution in [0.1, 0.15) is 6.42 Å². The third-order valence-corrected chi connectivity index (χ3v) is 4.57. The number of allylic oxidation sites excluding steroid dienone is 4.